The molecule has 160 valence electrons. The molecule has 0 spiro atoms. The zero-order chi connectivity index (χ0) is 19.7. The number of hydroxylamine groups is 1. The monoisotopic (exact) mass is 394 g/mol. The van der Waals surface area contributed by atoms with Gasteiger partial charge in [0.2, 0.25) is 5.91 Å². The van der Waals surface area contributed by atoms with Gasteiger partial charge in [-0.2, -0.15) is 5.48 Å². The van der Waals surface area contributed by atoms with Crippen LogP contribution in [-0.2, 0) is 9.63 Å². The largest absolute Gasteiger partial charge is 0.342 e. The van der Waals surface area contributed by atoms with Gasteiger partial charge in [-0.1, -0.05) is 13.8 Å². The maximum Gasteiger partial charge on any atom is 0.225 e. The minimum Gasteiger partial charge on any atom is -0.342 e. The number of hydrazine groups is 1. The van der Waals surface area contributed by atoms with Crippen molar-refractivity contribution >= 4 is 5.91 Å². The Hall–Kier alpha value is -0.770. The first-order chi connectivity index (χ1) is 13.5. The van der Waals surface area contributed by atoms with E-state index in [1.807, 2.05) is 18.7 Å². The molecule has 0 aromatic carbocycles. The highest BCUT2D eigenvalue weighted by Gasteiger charge is 2.40. The molecular formula is C20H38N6O2. The van der Waals surface area contributed by atoms with Crippen molar-refractivity contribution in [2.24, 2.45) is 23.7 Å². The van der Waals surface area contributed by atoms with Crippen molar-refractivity contribution in [2.75, 3.05) is 39.8 Å². The van der Waals surface area contributed by atoms with E-state index in [4.69, 9.17) is 4.84 Å². The minimum atomic E-state index is 0.0923. The quantitative estimate of drug-likeness (QED) is 0.538. The molecule has 0 radical (unpaired) electrons. The SMILES string of the molecule is CC(C)C(=O)N1CCC(C2NOC(C3CCNC(C4CNN(C)C4)C3)N2)CC1. The van der Waals surface area contributed by atoms with Crippen molar-refractivity contribution in [1.82, 2.24) is 31.4 Å². The first kappa shape index (κ1) is 20.5. The van der Waals surface area contributed by atoms with Gasteiger partial charge in [-0.05, 0) is 38.1 Å². The fourth-order valence-electron chi connectivity index (χ4n) is 5.31. The summed E-state index contributed by atoms with van der Waals surface area (Å²) in [5.74, 6) is 2.10. The maximum absolute atomic E-state index is 12.2. The Morgan fingerprint density at radius 1 is 1.11 bits per heavy atom. The Morgan fingerprint density at radius 3 is 2.57 bits per heavy atom. The van der Waals surface area contributed by atoms with Crippen LogP contribution in [-0.4, -0.2) is 74.0 Å². The number of piperidine rings is 2. The van der Waals surface area contributed by atoms with Crippen molar-refractivity contribution in [3.63, 3.8) is 0 Å². The Morgan fingerprint density at radius 2 is 1.89 bits per heavy atom. The summed E-state index contributed by atoms with van der Waals surface area (Å²) in [6, 6.07) is 0.561. The molecule has 8 heteroatoms. The number of amides is 1. The first-order valence-electron chi connectivity index (χ1n) is 11.1. The summed E-state index contributed by atoms with van der Waals surface area (Å²) in [4.78, 5) is 20.2. The van der Waals surface area contributed by atoms with Crippen LogP contribution in [0.2, 0.25) is 0 Å². The summed E-state index contributed by atoms with van der Waals surface area (Å²) in [6.07, 6.45) is 4.68. The first-order valence-corrected chi connectivity index (χ1v) is 11.1. The molecule has 0 aliphatic carbocycles. The third-order valence-electron chi connectivity index (χ3n) is 7.09. The van der Waals surface area contributed by atoms with Gasteiger partial charge in [0, 0.05) is 57.0 Å². The van der Waals surface area contributed by atoms with Gasteiger partial charge in [-0.15, -0.1) is 0 Å². The molecule has 0 bridgehead atoms. The van der Waals surface area contributed by atoms with Crippen molar-refractivity contribution in [3.8, 4) is 0 Å². The summed E-state index contributed by atoms with van der Waals surface area (Å²) < 4.78 is 0. The van der Waals surface area contributed by atoms with E-state index in [-0.39, 0.29) is 24.2 Å². The highest BCUT2D eigenvalue weighted by atomic mass is 16.7. The summed E-state index contributed by atoms with van der Waals surface area (Å²) in [6.45, 7) is 8.94. The number of carbonyl (C=O) groups is 1. The molecule has 0 aromatic heterocycles. The summed E-state index contributed by atoms with van der Waals surface area (Å²) in [5, 5.41) is 9.66. The second-order valence-electron chi connectivity index (χ2n) is 9.47. The number of nitrogens with zero attached hydrogens (tertiary/aromatic N) is 2. The second kappa shape index (κ2) is 8.93. The Kier molecular flexibility index (Phi) is 6.54. The topological polar surface area (TPSA) is 80.9 Å². The van der Waals surface area contributed by atoms with E-state index in [0.717, 1.165) is 58.4 Å². The number of hydrogen-bond acceptors (Lipinski definition) is 7. The van der Waals surface area contributed by atoms with Crippen LogP contribution >= 0.6 is 0 Å². The number of nitrogens with one attached hydrogen (secondary N) is 4. The van der Waals surface area contributed by atoms with E-state index < -0.39 is 0 Å². The van der Waals surface area contributed by atoms with E-state index >= 15 is 0 Å². The molecule has 4 N–H and O–H groups in total. The number of likely N-dealkylation sites (tertiary alicyclic amines) is 1. The van der Waals surface area contributed by atoms with Crippen molar-refractivity contribution in [3.05, 3.63) is 0 Å². The lowest BCUT2D eigenvalue weighted by Crippen LogP contribution is -2.51. The van der Waals surface area contributed by atoms with Crippen LogP contribution in [0, 0.1) is 23.7 Å². The molecular weight excluding hydrogens is 356 g/mol. The van der Waals surface area contributed by atoms with Gasteiger partial charge in [0.25, 0.3) is 0 Å². The van der Waals surface area contributed by atoms with Gasteiger partial charge in [0.05, 0.1) is 6.17 Å². The van der Waals surface area contributed by atoms with Crippen molar-refractivity contribution < 1.29 is 9.63 Å². The van der Waals surface area contributed by atoms with Crippen LogP contribution in [0.3, 0.4) is 0 Å². The lowest BCUT2D eigenvalue weighted by Gasteiger charge is -2.36. The van der Waals surface area contributed by atoms with Crippen LogP contribution in [0.15, 0.2) is 0 Å². The zero-order valence-corrected chi connectivity index (χ0v) is 17.6. The molecule has 4 heterocycles. The van der Waals surface area contributed by atoms with Crippen molar-refractivity contribution in [2.45, 2.75) is 58.0 Å². The van der Waals surface area contributed by atoms with Crippen LogP contribution in [0.25, 0.3) is 0 Å². The third kappa shape index (κ3) is 4.52. The molecule has 1 amide bonds. The average Bonchev–Trinajstić information content (AvgIpc) is 3.37. The highest BCUT2D eigenvalue weighted by Crippen LogP contribution is 2.29. The van der Waals surface area contributed by atoms with Crippen LogP contribution in [0.5, 0.6) is 0 Å². The highest BCUT2D eigenvalue weighted by molar-refractivity contribution is 5.78. The molecule has 8 nitrogen and oxygen atoms in total. The lowest BCUT2D eigenvalue weighted by molar-refractivity contribution is -0.136. The minimum absolute atomic E-state index is 0.0923. The number of hydrogen-bond donors (Lipinski definition) is 4. The molecule has 0 saturated carbocycles. The van der Waals surface area contributed by atoms with E-state index in [2.05, 4.69) is 33.6 Å². The number of rotatable bonds is 4. The smallest absolute Gasteiger partial charge is 0.225 e. The third-order valence-corrected chi connectivity index (χ3v) is 7.09. The molecule has 4 aliphatic rings. The Balaban J connectivity index is 1.25. The summed E-state index contributed by atoms with van der Waals surface area (Å²) >= 11 is 0. The fourth-order valence-corrected chi connectivity index (χ4v) is 5.31. The van der Waals surface area contributed by atoms with Gasteiger partial charge in [0.1, 0.15) is 6.23 Å². The lowest BCUT2D eigenvalue weighted by atomic mass is 9.84. The van der Waals surface area contributed by atoms with Gasteiger partial charge in [-0.3, -0.25) is 20.4 Å². The summed E-state index contributed by atoms with van der Waals surface area (Å²) in [5.41, 5.74) is 6.70. The van der Waals surface area contributed by atoms with E-state index in [1.165, 1.54) is 0 Å². The van der Waals surface area contributed by atoms with E-state index in [9.17, 15) is 4.79 Å². The molecule has 0 aromatic rings. The molecule has 4 aliphatic heterocycles. The van der Waals surface area contributed by atoms with Gasteiger partial charge >= 0.3 is 0 Å². The standard InChI is InChI=1S/C20H38N6O2/c1-13(2)20(27)26-8-5-14(6-9-26)18-23-19(28-24-18)15-4-7-21-17(10-15)16-11-22-25(3)12-16/h13-19,21-24H,4-12H2,1-3H3. The number of carbonyl (C=O) groups excluding carboxylic acids is 1. The van der Waals surface area contributed by atoms with Gasteiger partial charge in [0.15, 0.2) is 0 Å². The Labute approximate surface area is 169 Å². The molecule has 4 saturated heterocycles. The van der Waals surface area contributed by atoms with Crippen molar-refractivity contribution in [1.29, 1.82) is 0 Å². The van der Waals surface area contributed by atoms with Crippen LogP contribution in [0.4, 0.5) is 0 Å². The molecule has 28 heavy (non-hydrogen) atoms. The Bertz CT molecular complexity index is 539. The van der Waals surface area contributed by atoms with Crippen LogP contribution in [0.1, 0.15) is 39.5 Å². The zero-order valence-electron chi connectivity index (χ0n) is 17.6. The normalized spacial score (nSPS) is 38.4. The predicted molar refractivity (Wildman–Crippen MR) is 108 cm³/mol. The molecule has 4 fully saturated rings. The van der Waals surface area contributed by atoms with Gasteiger partial charge < -0.3 is 10.2 Å². The second-order valence-corrected chi connectivity index (χ2v) is 9.47. The van der Waals surface area contributed by atoms with Gasteiger partial charge in [-0.25, -0.2) is 5.01 Å². The predicted octanol–water partition coefficient (Wildman–Crippen LogP) is 0.0920. The fraction of sp³-hybridized carbons (Fsp3) is 0.950. The molecule has 5 unspecified atom stereocenters. The van der Waals surface area contributed by atoms with E-state index in [0.29, 0.717) is 23.8 Å². The average molecular weight is 395 g/mol. The van der Waals surface area contributed by atoms with E-state index in [1.54, 1.807) is 0 Å². The molecule has 4 rings (SSSR count). The van der Waals surface area contributed by atoms with Crippen LogP contribution < -0.4 is 21.5 Å². The summed E-state index contributed by atoms with van der Waals surface area (Å²) in [7, 11) is 2.12. The molecule has 5 atom stereocenters. The maximum atomic E-state index is 12.2.